The van der Waals surface area contributed by atoms with Crippen LogP contribution in [0.5, 0.6) is 11.5 Å². The zero-order chi connectivity index (χ0) is 21.0. The molecule has 0 unspecified atom stereocenters. The number of terminal acetylenes is 1. The highest BCUT2D eigenvalue weighted by Crippen LogP contribution is 2.65. The standard InChI is InChI=1S/C23H21ClN2O4/c1-3-7-30-21-17(24)8-12(9-18(21)29-4-2)11-25-26-22(27)19-13-5-6-14(16-10-15(13)16)20(19)23(26)28/h1,5-6,8-9,11,13-16,19-20H,4,7,10H2,2H3/b25-11-/t13-,14-,15-,16-,19+,20+/m0/s1. The molecule has 3 fully saturated rings. The number of allylic oxidation sites excluding steroid dienone is 2. The molecule has 2 bridgehead atoms. The molecule has 1 aliphatic heterocycles. The summed E-state index contributed by atoms with van der Waals surface area (Å²) in [4.78, 5) is 26.0. The minimum atomic E-state index is -0.268. The van der Waals surface area contributed by atoms with E-state index in [2.05, 4.69) is 23.2 Å². The van der Waals surface area contributed by atoms with Crippen molar-refractivity contribution in [2.24, 2.45) is 40.6 Å². The van der Waals surface area contributed by atoms with E-state index >= 15 is 0 Å². The summed E-state index contributed by atoms with van der Waals surface area (Å²) in [7, 11) is 0. The number of hydrogen-bond donors (Lipinski definition) is 0. The van der Waals surface area contributed by atoms with E-state index in [1.165, 1.54) is 6.21 Å². The van der Waals surface area contributed by atoms with Crippen molar-refractivity contribution in [2.45, 2.75) is 13.3 Å². The maximum absolute atomic E-state index is 13.0. The molecule has 1 aromatic carbocycles. The summed E-state index contributed by atoms with van der Waals surface area (Å²) < 4.78 is 11.1. The van der Waals surface area contributed by atoms with Crippen molar-refractivity contribution in [3.05, 3.63) is 34.9 Å². The lowest BCUT2D eigenvalue weighted by molar-refractivity contribution is -0.140. The topological polar surface area (TPSA) is 68.2 Å². The van der Waals surface area contributed by atoms with Crippen molar-refractivity contribution in [2.75, 3.05) is 13.2 Å². The van der Waals surface area contributed by atoms with Gasteiger partial charge in [-0.1, -0.05) is 29.7 Å². The molecule has 6 nitrogen and oxygen atoms in total. The van der Waals surface area contributed by atoms with Gasteiger partial charge in [0.15, 0.2) is 11.5 Å². The zero-order valence-corrected chi connectivity index (χ0v) is 17.2. The minimum absolute atomic E-state index is 0.0607. The summed E-state index contributed by atoms with van der Waals surface area (Å²) in [5.41, 5.74) is 0.593. The Hall–Kier alpha value is -2.78. The molecule has 2 saturated carbocycles. The van der Waals surface area contributed by atoms with Crippen LogP contribution in [0.3, 0.4) is 0 Å². The first kappa shape index (κ1) is 19.2. The van der Waals surface area contributed by atoms with Gasteiger partial charge in [0.2, 0.25) is 0 Å². The highest BCUT2D eigenvalue weighted by Gasteiger charge is 2.67. The van der Waals surface area contributed by atoms with Crippen molar-refractivity contribution in [1.29, 1.82) is 0 Å². The van der Waals surface area contributed by atoms with Gasteiger partial charge in [0.25, 0.3) is 11.8 Å². The Morgan fingerprint density at radius 2 is 1.87 bits per heavy atom. The first-order chi connectivity index (χ1) is 14.5. The van der Waals surface area contributed by atoms with Crippen LogP contribution >= 0.6 is 11.6 Å². The van der Waals surface area contributed by atoms with Crippen LogP contribution in [-0.2, 0) is 9.59 Å². The second-order valence-electron chi connectivity index (χ2n) is 8.14. The first-order valence-electron chi connectivity index (χ1n) is 10.2. The third-order valence-electron chi connectivity index (χ3n) is 6.59. The van der Waals surface area contributed by atoms with Gasteiger partial charge in [-0.15, -0.1) is 6.42 Å². The number of halogens is 1. The summed E-state index contributed by atoms with van der Waals surface area (Å²) in [5.74, 6) is 3.71. The second-order valence-corrected chi connectivity index (χ2v) is 8.55. The number of ether oxygens (including phenoxy) is 2. The average molecular weight is 425 g/mol. The van der Waals surface area contributed by atoms with Crippen LogP contribution in [0.25, 0.3) is 0 Å². The van der Waals surface area contributed by atoms with Gasteiger partial charge in [0, 0.05) is 0 Å². The number of carbonyl (C=O) groups is 2. The molecule has 1 heterocycles. The minimum Gasteiger partial charge on any atom is -0.490 e. The molecule has 6 rings (SSSR count). The Morgan fingerprint density at radius 3 is 2.47 bits per heavy atom. The first-order valence-corrected chi connectivity index (χ1v) is 10.6. The van der Waals surface area contributed by atoms with E-state index in [1.54, 1.807) is 12.1 Å². The summed E-state index contributed by atoms with van der Waals surface area (Å²) in [6.45, 7) is 2.31. The maximum atomic E-state index is 13.0. The van der Waals surface area contributed by atoms with Crippen molar-refractivity contribution in [1.82, 2.24) is 5.01 Å². The third kappa shape index (κ3) is 2.84. The molecule has 0 N–H and O–H groups in total. The molecular weight excluding hydrogens is 404 g/mol. The summed E-state index contributed by atoms with van der Waals surface area (Å²) >= 11 is 6.33. The number of amides is 2. The molecule has 5 aliphatic rings. The zero-order valence-electron chi connectivity index (χ0n) is 16.5. The Bertz CT molecular complexity index is 991. The quantitative estimate of drug-likeness (QED) is 0.304. The highest BCUT2D eigenvalue weighted by atomic mass is 35.5. The number of benzene rings is 1. The third-order valence-corrected chi connectivity index (χ3v) is 6.87. The van der Waals surface area contributed by atoms with Gasteiger partial charge in [0.1, 0.15) is 6.61 Å². The van der Waals surface area contributed by atoms with Crippen molar-refractivity contribution in [3.63, 3.8) is 0 Å². The average Bonchev–Trinajstić information content (AvgIpc) is 3.51. The number of carbonyl (C=O) groups excluding carboxylic acids is 2. The molecule has 2 amide bonds. The number of imide groups is 1. The van der Waals surface area contributed by atoms with E-state index in [-0.39, 0.29) is 42.1 Å². The lowest BCUT2D eigenvalue weighted by Crippen LogP contribution is -2.40. The predicted molar refractivity (Wildman–Crippen MR) is 111 cm³/mol. The number of nitrogens with zero attached hydrogens (tertiary/aromatic N) is 2. The Morgan fingerprint density at radius 1 is 1.20 bits per heavy atom. The van der Waals surface area contributed by atoms with Crippen molar-refractivity contribution in [3.8, 4) is 23.8 Å². The molecule has 1 saturated heterocycles. The normalized spacial score (nSPS) is 32.9. The fourth-order valence-electron chi connectivity index (χ4n) is 5.36. The monoisotopic (exact) mass is 424 g/mol. The van der Waals surface area contributed by atoms with Crippen molar-refractivity contribution >= 4 is 29.6 Å². The van der Waals surface area contributed by atoms with E-state index < -0.39 is 0 Å². The number of hydrazone groups is 1. The lowest BCUT2D eigenvalue weighted by atomic mass is 9.63. The molecule has 0 aromatic heterocycles. The highest BCUT2D eigenvalue weighted by molar-refractivity contribution is 6.32. The molecule has 0 spiro atoms. The summed E-state index contributed by atoms with van der Waals surface area (Å²) in [6.07, 6.45) is 12.1. The van der Waals surface area contributed by atoms with Gasteiger partial charge in [-0.2, -0.15) is 10.1 Å². The smallest absolute Gasteiger partial charge is 0.254 e. The molecule has 30 heavy (non-hydrogen) atoms. The molecule has 6 atom stereocenters. The molecule has 0 radical (unpaired) electrons. The van der Waals surface area contributed by atoms with Gasteiger partial charge in [-0.05, 0) is 54.7 Å². The number of hydrogen-bond acceptors (Lipinski definition) is 5. The van der Waals surface area contributed by atoms with Crippen LogP contribution in [0.1, 0.15) is 18.9 Å². The predicted octanol–water partition coefficient (Wildman–Crippen LogP) is 3.14. The lowest BCUT2D eigenvalue weighted by Gasteiger charge is -2.37. The largest absolute Gasteiger partial charge is 0.490 e. The molecule has 7 heteroatoms. The van der Waals surface area contributed by atoms with E-state index in [9.17, 15) is 9.59 Å². The SMILES string of the molecule is C#CCOc1c(Cl)cc(/C=N\N2C(=O)[C@@H]3[C@H]4C=C[C@@H]([C@@H]5C[C@@H]45)[C@H]3C2=O)cc1OCC. The van der Waals surface area contributed by atoms with E-state index in [1.807, 2.05) is 6.92 Å². The Kier molecular flexibility index (Phi) is 4.59. The van der Waals surface area contributed by atoms with Gasteiger partial charge >= 0.3 is 0 Å². The second kappa shape index (κ2) is 7.17. The maximum Gasteiger partial charge on any atom is 0.254 e. The molecular formula is C23H21ClN2O4. The van der Waals surface area contributed by atoms with Crippen LogP contribution < -0.4 is 9.47 Å². The number of rotatable bonds is 6. The molecule has 1 aromatic rings. The molecule has 154 valence electrons. The Balaban J connectivity index is 1.40. The van der Waals surface area contributed by atoms with Gasteiger partial charge in [0.05, 0.1) is 29.7 Å². The fraction of sp³-hybridized carbons (Fsp3) is 0.435. The summed E-state index contributed by atoms with van der Waals surface area (Å²) in [6, 6.07) is 3.33. The van der Waals surface area contributed by atoms with E-state index in [0.29, 0.717) is 40.5 Å². The van der Waals surface area contributed by atoms with Crippen LogP contribution in [0, 0.1) is 47.9 Å². The van der Waals surface area contributed by atoms with Crippen LogP contribution in [0.2, 0.25) is 5.02 Å². The Labute approximate surface area is 179 Å². The summed E-state index contributed by atoms with van der Waals surface area (Å²) in [5, 5.41) is 5.60. The molecule has 4 aliphatic carbocycles. The van der Waals surface area contributed by atoms with E-state index in [0.717, 1.165) is 11.4 Å². The van der Waals surface area contributed by atoms with Gasteiger partial charge in [-0.25, -0.2) is 0 Å². The van der Waals surface area contributed by atoms with Crippen LogP contribution in [0.15, 0.2) is 29.4 Å². The fourth-order valence-corrected chi connectivity index (χ4v) is 5.63. The van der Waals surface area contributed by atoms with Gasteiger partial charge in [-0.3, -0.25) is 9.59 Å². The van der Waals surface area contributed by atoms with Crippen LogP contribution in [0.4, 0.5) is 0 Å². The van der Waals surface area contributed by atoms with Crippen molar-refractivity contribution < 1.29 is 19.1 Å². The van der Waals surface area contributed by atoms with Crippen LogP contribution in [-0.4, -0.2) is 36.3 Å². The van der Waals surface area contributed by atoms with E-state index in [4.69, 9.17) is 27.5 Å². The van der Waals surface area contributed by atoms with Gasteiger partial charge < -0.3 is 9.47 Å².